The summed E-state index contributed by atoms with van der Waals surface area (Å²) >= 11 is 0. The summed E-state index contributed by atoms with van der Waals surface area (Å²) in [4.78, 5) is 27.0. The Bertz CT molecular complexity index is 1470. The Labute approximate surface area is 219 Å². The quantitative estimate of drug-likeness (QED) is 0.376. The normalized spacial score (nSPS) is 28.7. The molecular formula is C31H27NO6. The van der Waals surface area contributed by atoms with Crippen LogP contribution >= 0.6 is 0 Å². The lowest BCUT2D eigenvalue weighted by Crippen LogP contribution is -2.51. The molecule has 9 rings (SSSR count). The van der Waals surface area contributed by atoms with E-state index in [9.17, 15) is 19.8 Å². The molecule has 0 radical (unpaired) electrons. The summed E-state index contributed by atoms with van der Waals surface area (Å²) in [6, 6.07) is 14.7. The number of hydrogen-bond acceptors (Lipinski definition) is 6. The third-order valence-electron chi connectivity index (χ3n) is 9.55. The zero-order valence-corrected chi connectivity index (χ0v) is 20.7. The van der Waals surface area contributed by atoms with Crippen LogP contribution in [-0.2, 0) is 15.1 Å². The second kappa shape index (κ2) is 7.31. The van der Waals surface area contributed by atoms with E-state index >= 15 is 0 Å². The number of nitrogens with one attached hydrogen (secondary N) is 1. The van der Waals surface area contributed by atoms with Crippen LogP contribution in [0.4, 0.5) is 5.69 Å². The highest BCUT2D eigenvalue weighted by molar-refractivity contribution is 6.01. The number of aromatic hydroxyl groups is 2. The van der Waals surface area contributed by atoms with Gasteiger partial charge in [-0.2, -0.15) is 0 Å². The van der Waals surface area contributed by atoms with Crippen molar-refractivity contribution in [3.8, 4) is 23.0 Å². The average molecular weight is 510 g/mol. The molecule has 3 aromatic carbocycles. The largest absolute Gasteiger partial charge is 0.508 e. The van der Waals surface area contributed by atoms with Gasteiger partial charge in [0.1, 0.15) is 23.0 Å². The monoisotopic (exact) mass is 509 g/mol. The highest BCUT2D eigenvalue weighted by Crippen LogP contribution is 2.61. The summed E-state index contributed by atoms with van der Waals surface area (Å²) in [6.45, 7) is 0. The molecule has 0 unspecified atom stereocenters. The number of fused-ring (bicyclic) bond motifs is 6. The number of carbonyl (C=O) groups excluding carboxylic acids is 2. The van der Waals surface area contributed by atoms with Gasteiger partial charge in [0.2, 0.25) is 5.91 Å². The number of esters is 1. The minimum absolute atomic E-state index is 0.00906. The van der Waals surface area contributed by atoms with E-state index in [-0.39, 0.29) is 22.8 Å². The van der Waals surface area contributed by atoms with E-state index in [2.05, 4.69) is 5.32 Å². The standard InChI is InChI=1S/C31H27NO6/c33-20-2-5-24-26(11-20)37-27-12-21(34)3-6-25(27)31(24)23-4-1-19(10-22(23)28(35)38-31)32-29(36)30-13-16-7-17(14-30)9-18(8-16)15-30/h1-6,10-12,16-18,33-34H,7-9,13-15H2,(H,32,36). The lowest BCUT2D eigenvalue weighted by Gasteiger charge is -2.55. The van der Waals surface area contributed by atoms with E-state index < -0.39 is 11.6 Å². The number of anilines is 1. The van der Waals surface area contributed by atoms with Crippen LogP contribution in [0.15, 0.2) is 54.6 Å². The number of benzene rings is 3. The molecule has 4 fully saturated rings. The molecule has 7 nitrogen and oxygen atoms in total. The molecule has 4 aliphatic carbocycles. The van der Waals surface area contributed by atoms with Crippen molar-refractivity contribution in [1.82, 2.24) is 0 Å². The van der Waals surface area contributed by atoms with Gasteiger partial charge in [-0.25, -0.2) is 4.79 Å². The Morgan fingerprint density at radius 1 is 0.789 bits per heavy atom. The second-order valence-corrected chi connectivity index (χ2v) is 11.9. The van der Waals surface area contributed by atoms with E-state index in [0.717, 1.165) is 19.3 Å². The summed E-state index contributed by atoms with van der Waals surface area (Å²) < 4.78 is 12.2. The highest BCUT2D eigenvalue weighted by atomic mass is 16.6. The molecule has 0 saturated heterocycles. The van der Waals surface area contributed by atoms with E-state index in [0.29, 0.717) is 57.2 Å². The first kappa shape index (κ1) is 22.0. The number of rotatable bonds is 2. The van der Waals surface area contributed by atoms with Crippen molar-refractivity contribution < 1.29 is 29.3 Å². The van der Waals surface area contributed by atoms with Crippen LogP contribution < -0.4 is 10.1 Å². The fourth-order valence-electron chi connectivity index (χ4n) is 8.44. The van der Waals surface area contributed by atoms with Crippen LogP contribution in [-0.4, -0.2) is 22.1 Å². The van der Waals surface area contributed by atoms with E-state index in [1.54, 1.807) is 18.2 Å². The topological polar surface area (TPSA) is 105 Å². The predicted molar refractivity (Wildman–Crippen MR) is 137 cm³/mol. The third kappa shape index (κ3) is 2.90. The number of ether oxygens (including phenoxy) is 2. The highest BCUT2D eigenvalue weighted by Gasteiger charge is 2.56. The van der Waals surface area contributed by atoms with E-state index in [4.69, 9.17) is 9.47 Å². The Balaban J connectivity index is 1.20. The van der Waals surface area contributed by atoms with E-state index in [1.807, 2.05) is 12.1 Å². The maximum Gasteiger partial charge on any atom is 0.340 e. The van der Waals surface area contributed by atoms with Crippen LogP contribution in [0.2, 0.25) is 0 Å². The Morgan fingerprint density at radius 2 is 1.34 bits per heavy atom. The van der Waals surface area contributed by atoms with Crippen LogP contribution in [0.25, 0.3) is 0 Å². The molecule has 1 amide bonds. The van der Waals surface area contributed by atoms with Crippen molar-refractivity contribution in [2.45, 2.75) is 44.1 Å². The van der Waals surface area contributed by atoms with E-state index in [1.165, 1.54) is 43.5 Å². The molecule has 192 valence electrons. The number of phenolic OH excluding ortho intramolecular Hbond substituents is 2. The Morgan fingerprint density at radius 3 is 1.92 bits per heavy atom. The Kier molecular flexibility index (Phi) is 4.24. The Hall–Kier alpha value is -4.00. The minimum atomic E-state index is -1.31. The van der Waals surface area contributed by atoms with Gasteiger partial charge in [-0.05, 0) is 92.7 Å². The number of carbonyl (C=O) groups is 2. The van der Waals surface area contributed by atoms with Crippen molar-refractivity contribution in [3.63, 3.8) is 0 Å². The molecule has 3 aromatic rings. The molecule has 6 aliphatic rings. The SMILES string of the molecule is O=C1OC2(c3ccc(O)cc3Oc3cc(O)ccc32)c2ccc(NC(=O)C34CC5CC(CC(C5)C3)C4)cc21. The molecule has 2 aliphatic heterocycles. The summed E-state index contributed by atoms with van der Waals surface area (Å²) in [5.74, 6) is 2.24. The van der Waals surface area contributed by atoms with Gasteiger partial charge in [0.25, 0.3) is 0 Å². The lowest BCUT2D eigenvalue weighted by molar-refractivity contribution is -0.140. The third-order valence-corrected chi connectivity index (χ3v) is 9.55. The van der Waals surface area contributed by atoms with Crippen molar-refractivity contribution in [1.29, 1.82) is 0 Å². The first-order chi connectivity index (χ1) is 18.3. The lowest BCUT2D eigenvalue weighted by atomic mass is 9.49. The molecule has 1 spiro atoms. The zero-order valence-electron chi connectivity index (χ0n) is 20.7. The van der Waals surface area contributed by atoms with Gasteiger partial charge in [-0.15, -0.1) is 0 Å². The summed E-state index contributed by atoms with van der Waals surface area (Å²) in [7, 11) is 0. The van der Waals surface area contributed by atoms with Gasteiger partial charge >= 0.3 is 5.97 Å². The number of amides is 1. The molecule has 38 heavy (non-hydrogen) atoms. The molecule has 7 heteroatoms. The molecule has 2 heterocycles. The molecule has 4 bridgehead atoms. The van der Waals surface area contributed by atoms with Crippen molar-refractivity contribution in [3.05, 3.63) is 76.9 Å². The van der Waals surface area contributed by atoms with Crippen molar-refractivity contribution in [2.24, 2.45) is 23.2 Å². The molecule has 3 N–H and O–H groups in total. The molecule has 0 aromatic heterocycles. The summed E-state index contributed by atoms with van der Waals surface area (Å²) in [6.07, 6.45) is 6.70. The van der Waals surface area contributed by atoms with Gasteiger partial charge in [-0.1, -0.05) is 6.07 Å². The predicted octanol–water partition coefficient (Wildman–Crippen LogP) is 5.82. The van der Waals surface area contributed by atoms with Gasteiger partial charge in [0, 0.05) is 34.5 Å². The molecular weight excluding hydrogens is 482 g/mol. The van der Waals surface area contributed by atoms with Crippen LogP contribution in [0, 0.1) is 23.2 Å². The molecule has 4 saturated carbocycles. The van der Waals surface area contributed by atoms with Crippen molar-refractivity contribution >= 4 is 17.6 Å². The number of hydrogen-bond donors (Lipinski definition) is 3. The zero-order chi connectivity index (χ0) is 25.8. The second-order valence-electron chi connectivity index (χ2n) is 11.9. The van der Waals surface area contributed by atoms with Crippen LogP contribution in [0.1, 0.15) is 65.6 Å². The fourth-order valence-corrected chi connectivity index (χ4v) is 8.44. The number of phenols is 2. The van der Waals surface area contributed by atoms with Crippen molar-refractivity contribution in [2.75, 3.05) is 5.32 Å². The smallest absolute Gasteiger partial charge is 0.340 e. The maximum atomic E-state index is 13.6. The van der Waals surface area contributed by atoms with Crippen LogP contribution in [0.5, 0.6) is 23.0 Å². The van der Waals surface area contributed by atoms with Gasteiger partial charge in [-0.3, -0.25) is 4.79 Å². The minimum Gasteiger partial charge on any atom is -0.508 e. The first-order valence-corrected chi connectivity index (χ1v) is 13.4. The average Bonchev–Trinajstić information content (AvgIpc) is 3.15. The molecule has 0 atom stereocenters. The summed E-state index contributed by atoms with van der Waals surface area (Å²) in [5.41, 5.74) is 1.13. The van der Waals surface area contributed by atoms with Gasteiger partial charge in [0.05, 0.1) is 11.0 Å². The maximum absolute atomic E-state index is 13.6. The van der Waals surface area contributed by atoms with Gasteiger partial charge < -0.3 is 25.0 Å². The summed E-state index contributed by atoms with van der Waals surface area (Å²) in [5, 5.41) is 23.4. The van der Waals surface area contributed by atoms with Crippen LogP contribution in [0.3, 0.4) is 0 Å². The van der Waals surface area contributed by atoms with Gasteiger partial charge in [0.15, 0.2) is 5.60 Å². The first-order valence-electron chi connectivity index (χ1n) is 13.4. The fraction of sp³-hybridized carbons (Fsp3) is 0.355.